The van der Waals surface area contributed by atoms with Gasteiger partial charge >= 0.3 is 5.97 Å². The standard InChI is InChI=1S/C16H18O3S/c1-13(17)20-12-4-3-5-14-6-8-15(9-7-14)10-11-16(18)19-2/h3,5-11H,4,12H2,1-2H3/b5-3?,11-10+. The van der Waals surface area contributed by atoms with Crippen LogP contribution in [0.3, 0.4) is 0 Å². The van der Waals surface area contributed by atoms with Gasteiger partial charge in [0.05, 0.1) is 7.11 Å². The minimum atomic E-state index is -0.364. The third kappa shape index (κ3) is 6.95. The van der Waals surface area contributed by atoms with E-state index in [0.717, 1.165) is 23.3 Å². The molecule has 0 aromatic heterocycles. The van der Waals surface area contributed by atoms with E-state index >= 15 is 0 Å². The van der Waals surface area contributed by atoms with Gasteiger partial charge in [-0.25, -0.2) is 4.79 Å². The zero-order chi connectivity index (χ0) is 14.8. The predicted molar refractivity (Wildman–Crippen MR) is 84.3 cm³/mol. The lowest BCUT2D eigenvalue weighted by Crippen LogP contribution is -1.93. The number of carbonyl (C=O) groups excluding carboxylic acids is 2. The first-order valence-corrected chi connectivity index (χ1v) is 7.26. The maximum atomic E-state index is 11.0. The molecule has 106 valence electrons. The van der Waals surface area contributed by atoms with Crippen LogP contribution in [-0.2, 0) is 14.3 Å². The van der Waals surface area contributed by atoms with Crippen molar-refractivity contribution < 1.29 is 14.3 Å². The molecule has 4 heteroatoms. The van der Waals surface area contributed by atoms with Gasteiger partial charge in [-0.15, -0.1) is 0 Å². The van der Waals surface area contributed by atoms with Crippen LogP contribution in [-0.4, -0.2) is 23.9 Å². The van der Waals surface area contributed by atoms with Crippen molar-refractivity contribution >= 4 is 35.0 Å². The van der Waals surface area contributed by atoms with Crippen LogP contribution >= 0.6 is 11.8 Å². The van der Waals surface area contributed by atoms with Crippen LogP contribution in [0.15, 0.2) is 36.4 Å². The molecule has 0 aliphatic rings. The molecule has 0 heterocycles. The number of hydrogen-bond donors (Lipinski definition) is 0. The molecule has 0 saturated heterocycles. The number of esters is 1. The van der Waals surface area contributed by atoms with Crippen molar-refractivity contribution in [3.05, 3.63) is 47.5 Å². The second-order valence-corrected chi connectivity index (χ2v) is 5.33. The van der Waals surface area contributed by atoms with E-state index in [1.54, 1.807) is 13.0 Å². The Hall–Kier alpha value is -1.81. The average molecular weight is 290 g/mol. The SMILES string of the molecule is COC(=O)/C=C/c1ccc(C=CCCSC(C)=O)cc1. The van der Waals surface area contributed by atoms with Gasteiger partial charge in [0.1, 0.15) is 0 Å². The smallest absolute Gasteiger partial charge is 0.330 e. The Morgan fingerprint density at radius 3 is 2.30 bits per heavy atom. The molecule has 0 aliphatic heterocycles. The minimum Gasteiger partial charge on any atom is -0.466 e. The fraction of sp³-hybridized carbons (Fsp3) is 0.250. The molecule has 20 heavy (non-hydrogen) atoms. The fourth-order valence-electron chi connectivity index (χ4n) is 1.44. The van der Waals surface area contributed by atoms with Crippen molar-refractivity contribution in [3.8, 4) is 0 Å². The van der Waals surface area contributed by atoms with E-state index in [1.165, 1.54) is 24.9 Å². The van der Waals surface area contributed by atoms with E-state index in [9.17, 15) is 9.59 Å². The van der Waals surface area contributed by atoms with Crippen molar-refractivity contribution in [2.45, 2.75) is 13.3 Å². The monoisotopic (exact) mass is 290 g/mol. The summed E-state index contributed by atoms with van der Waals surface area (Å²) in [6.07, 6.45) is 8.05. The van der Waals surface area contributed by atoms with Gasteiger partial charge in [0, 0.05) is 18.8 Å². The maximum absolute atomic E-state index is 11.0. The Balaban J connectivity index is 2.46. The summed E-state index contributed by atoms with van der Waals surface area (Å²) < 4.78 is 4.53. The highest BCUT2D eigenvalue weighted by Gasteiger charge is 1.93. The molecule has 0 radical (unpaired) electrons. The van der Waals surface area contributed by atoms with Crippen molar-refractivity contribution in [1.29, 1.82) is 0 Å². The first-order valence-electron chi connectivity index (χ1n) is 6.28. The quantitative estimate of drug-likeness (QED) is 0.456. The van der Waals surface area contributed by atoms with Gasteiger partial charge < -0.3 is 4.74 Å². The van der Waals surface area contributed by atoms with Gasteiger partial charge in [-0.1, -0.05) is 48.2 Å². The summed E-state index contributed by atoms with van der Waals surface area (Å²) in [5.74, 6) is 0.447. The Kier molecular flexibility index (Phi) is 7.43. The molecule has 3 nitrogen and oxygen atoms in total. The Labute approximate surface area is 123 Å². The van der Waals surface area contributed by atoms with Crippen LogP contribution < -0.4 is 0 Å². The van der Waals surface area contributed by atoms with Crippen molar-refractivity contribution in [2.24, 2.45) is 0 Å². The predicted octanol–water partition coefficient (Wildman–Crippen LogP) is 3.56. The fourth-order valence-corrected chi connectivity index (χ4v) is 1.98. The molecule has 1 aromatic carbocycles. The maximum Gasteiger partial charge on any atom is 0.330 e. The zero-order valence-electron chi connectivity index (χ0n) is 11.7. The van der Waals surface area contributed by atoms with Gasteiger partial charge in [0.2, 0.25) is 0 Å². The van der Waals surface area contributed by atoms with Gasteiger partial charge in [0.15, 0.2) is 5.12 Å². The number of methoxy groups -OCH3 is 1. The van der Waals surface area contributed by atoms with E-state index in [4.69, 9.17) is 0 Å². The molecule has 0 fully saturated rings. The van der Waals surface area contributed by atoms with Gasteiger partial charge in [-0.05, 0) is 23.6 Å². The highest BCUT2D eigenvalue weighted by Crippen LogP contribution is 2.09. The van der Waals surface area contributed by atoms with E-state index in [-0.39, 0.29) is 11.1 Å². The van der Waals surface area contributed by atoms with E-state index in [0.29, 0.717) is 0 Å². The van der Waals surface area contributed by atoms with E-state index in [2.05, 4.69) is 10.8 Å². The lowest BCUT2D eigenvalue weighted by Gasteiger charge is -1.96. The molecule has 0 saturated carbocycles. The summed E-state index contributed by atoms with van der Waals surface area (Å²) in [7, 11) is 1.35. The summed E-state index contributed by atoms with van der Waals surface area (Å²) >= 11 is 1.34. The molecule has 1 aromatic rings. The summed E-state index contributed by atoms with van der Waals surface area (Å²) in [5, 5.41) is 0.153. The molecule has 0 atom stereocenters. The number of carbonyl (C=O) groups is 2. The lowest BCUT2D eigenvalue weighted by molar-refractivity contribution is -0.134. The molecule has 0 spiro atoms. The number of rotatable bonds is 6. The lowest BCUT2D eigenvalue weighted by atomic mass is 10.1. The first kappa shape index (κ1) is 16.2. The van der Waals surface area contributed by atoms with Crippen LogP contribution in [0.2, 0.25) is 0 Å². The first-order chi connectivity index (χ1) is 9.61. The van der Waals surface area contributed by atoms with Gasteiger partial charge in [-0.2, -0.15) is 0 Å². The summed E-state index contributed by atoms with van der Waals surface area (Å²) in [6.45, 7) is 1.58. The number of thioether (sulfide) groups is 1. The Morgan fingerprint density at radius 2 is 1.75 bits per heavy atom. The molecular weight excluding hydrogens is 272 g/mol. The number of allylic oxidation sites excluding steroid dienone is 1. The molecule has 0 unspecified atom stereocenters. The van der Waals surface area contributed by atoms with Gasteiger partial charge in [-0.3, -0.25) is 4.79 Å². The number of hydrogen-bond acceptors (Lipinski definition) is 4. The van der Waals surface area contributed by atoms with Gasteiger partial charge in [0.25, 0.3) is 0 Å². The van der Waals surface area contributed by atoms with Crippen molar-refractivity contribution in [1.82, 2.24) is 0 Å². The highest BCUT2D eigenvalue weighted by molar-refractivity contribution is 8.13. The minimum absolute atomic E-state index is 0.153. The third-order valence-corrected chi connectivity index (χ3v) is 3.30. The topological polar surface area (TPSA) is 43.4 Å². The largest absolute Gasteiger partial charge is 0.466 e. The van der Waals surface area contributed by atoms with Crippen LogP contribution in [0.5, 0.6) is 0 Å². The highest BCUT2D eigenvalue weighted by atomic mass is 32.2. The molecule has 0 amide bonds. The summed E-state index contributed by atoms with van der Waals surface area (Å²) in [4.78, 5) is 21.7. The van der Waals surface area contributed by atoms with Crippen LogP contribution in [0.4, 0.5) is 0 Å². The zero-order valence-corrected chi connectivity index (χ0v) is 12.5. The van der Waals surface area contributed by atoms with Crippen LogP contribution in [0.25, 0.3) is 12.2 Å². The Bertz CT molecular complexity index is 501. The molecule has 1 rings (SSSR count). The number of benzene rings is 1. The average Bonchev–Trinajstić information content (AvgIpc) is 2.45. The third-order valence-electron chi connectivity index (χ3n) is 2.45. The molecule has 0 aliphatic carbocycles. The second kappa shape index (κ2) is 9.15. The van der Waals surface area contributed by atoms with Crippen LogP contribution in [0, 0.1) is 0 Å². The van der Waals surface area contributed by atoms with E-state index < -0.39 is 0 Å². The molecular formula is C16H18O3S. The second-order valence-electron chi connectivity index (χ2n) is 4.05. The summed E-state index contributed by atoms with van der Waals surface area (Å²) in [5.41, 5.74) is 2.03. The van der Waals surface area contributed by atoms with Crippen molar-refractivity contribution in [2.75, 3.05) is 12.9 Å². The number of ether oxygens (including phenoxy) is 1. The van der Waals surface area contributed by atoms with E-state index in [1.807, 2.05) is 30.3 Å². The molecule has 0 N–H and O–H groups in total. The van der Waals surface area contributed by atoms with Crippen LogP contribution in [0.1, 0.15) is 24.5 Å². The molecule has 0 bridgehead atoms. The summed E-state index contributed by atoms with van der Waals surface area (Å²) in [6, 6.07) is 7.82. The Morgan fingerprint density at radius 1 is 1.15 bits per heavy atom. The normalized spacial score (nSPS) is 11.1. The van der Waals surface area contributed by atoms with Crippen molar-refractivity contribution in [3.63, 3.8) is 0 Å².